The van der Waals surface area contributed by atoms with Gasteiger partial charge in [-0.05, 0) is 18.8 Å². The van der Waals surface area contributed by atoms with Gasteiger partial charge >= 0.3 is 0 Å². The van der Waals surface area contributed by atoms with Crippen molar-refractivity contribution in [2.45, 2.75) is 57.8 Å². The second kappa shape index (κ2) is 6.65. The standard InChI is InChI=1S/C13H23NO/c1-11(13(14)15)12-9-7-5-3-2-4-6-8-10-12/h12H,1-10H2,(H2,14,15). The summed E-state index contributed by atoms with van der Waals surface area (Å²) in [6, 6.07) is 0. The van der Waals surface area contributed by atoms with Crippen LogP contribution in [0.25, 0.3) is 0 Å². The van der Waals surface area contributed by atoms with Gasteiger partial charge in [-0.2, -0.15) is 0 Å². The largest absolute Gasteiger partial charge is 0.366 e. The minimum Gasteiger partial charge on any atom is -0.366 e. The Labute approximate surface area is 92.9 Å². The number of rotatable bonds is 2. The van der Waals surface area contributed by atoms with Crippen LogP contribution in [0, 0.1) is 5.92 Å². The van der Waals surface area contributed by atoms with Crippen LogP contribution in [-0.2, 0) is 4.79 Å². The van der Waals surface area contributed by atoms with E-state index in [1.807, 2.05) is 0 Å². The van der Waals surface area contributed by atoms with Gasteiger partial charge in [0.2, 0.25) is 5.91 Å². The van der Waals surface area contributed by atoms with Crippen molar-refractivity contribution in [1.82, 2.24) is 0 Å². The van der Waals surface area contributed by atoms with Crippen LogP contribution in [0.1, 0.15) is 57.8 Å². The van der Waals surface area contributed by atoms with Gasteiger partial charge in [-0.15, -0.1) is 0 Å². The highest BCUT2D eigenvalue weighted by Crippen LogP contribution is 2.25. The van der Waals surface area contributed by atoms with Gasteiger partial charge in [-0.1, -0.05) is 51.5 Å². The molecule has 0 radical (unpaired) electrons. The van der Waals surface area contributed by atoms with E-state index in [1.54, 1.807) is 0 Å². The third-order valence-electron chi connectivity index (χ3n) is 3.41. The fraction of sp³-hybridized carbons (Fsp3) is 0.769. The van der Waals surface area contributed by atoms with E-state index in [0.29, 0.717) is 11.5 Å². The quantitative estimate of drug-likeness (QED) is 0.697. The molecule has 1 fully saturated rings. The third kappa shape index (κ3) is 4.50. The molecule has 2 N–H and O–H groups in total. The summed E-state index contributed by atoms with van der Waals surface area (Å²) >= 11 is 0. The summed E-state index contributed by atoms with van der Waals surface area (Å²) in [5.41, 5.74) is 5.94. The summed E-state index contributed by atoms with van der Waals surface area (Å²) in [5, 5.41) is 0. The first-order chi connectivity index (χ1) is 7.22. The van der Waals surface area contributed by atoms with Gasteiger partial charge < -0.3 is 5.73 Å². The van der Waals surface area contributed by atoms with E-state index in [0.717, 1.165) is 12.8 Å². The van der Waals surface area contributed by atoms with Crippen LogP contribution in [0.15, 0.2) is 12.2 Å². The molecule has 0 saturated heterocycles. The van der Waals surface area contributed by atoms with Crippen molar-refractivity contribution < 1.29 is 4.79 Å². The number of hydrogen-bond acceptors (Lipinski definition) is 1. The number of carbonyl (C=O) groups excluding carboxylic acids is 1. The lowest BCUT2D eigenvalue weighted by Gasteiger charge is -2.18. The molecule has 15 heavy (non-hydrogen) atoms. The molecule has 0 atom stereocenters. The zero-order chi connectivity index (χ0) is 11.1. The molecule has 0 aromatic carbocycles. The maximum absolute atomic E-state index is 11.1. The second-order valence-corrected chi connectivity index (χ2v) is 4.64. The number of primary amides is 1. The molecule has 1 rings (SSSR count). The molecule has 0 bridgehead atoms. The maximum atomic E-state index is 11.1. The van der Waals surface area contributed by atoms with Crippen LogP contribution in [0.2, 0.25) is 0 Å². The molecule has 1 saturated carbocycles. The summed E-state index contributed by atoms with van der Waals surface area (Å²) < 4.78 is 0. The monoisotopic (exact) mass is 209 g/mol. The van der Waals surface area contributed by atoms with E-state index < -0.39 is 0 Å². The van der Waals surface area contributed by atoms with Crippen LogP contribution in [0.4, 0.5) is 0 Å². The average molecular weight is 209 g/mol. The lowest BCUT2D eigenvalue weighted by Crippen LogP contribution is -2.20. The Hall–Kier alpha value is -0.790. The Morgan fingerprint density at radius 3 is 1.73 bits per heavy atom. The Morgan fingerprint density at radius 1 is 0.933 bits per heavy atom. The summed E-state index contributed by atoms with van der Waals surface area (Å²) in [7, 11) is 0. The minimum atomic E-state index is -0.308. The number of amides is 1. The van der Waals surface area contributed by atoms with Gasteiger partial charge in [0.15, 0.2) is 0 Å². The summed E-state index contributed by atoms with van der Waals surface area (Å²) in [6.07, 6.45) is 11.3. The zero-order valence-corrected chi connectivity index (χ0v) is 9.63. The molecule has 0 spiro atoms. The lowest BCUT2D eigenvalue weighted by atomic mass is 9.87. The van der Waals surface area contributed by atoms with E-state index in [4.69, 9.17) is 5.73 Å². The zero-order valence-electron chi connectivity index (χ0n) is 9.63. The minimum absolute atomic E-state index is 0.308. The van der Waals surface area contributed by atoms with Gasteiger partial charge in [-0.25, -0.2) is 0 Å². The smallest absolute Gasteiger partial charge is 0.244 e. The van der Waals surface area contributed by atoms with E-state index >= 15 is 0 Å². The summed E-state index contributed by atoms with van der Waals surface area (Å²) in [4.78, 5) is 11.1. The Morgan fingerprint density at radius 2 is 1.33 bits per heavy atom. The van der Waals surface area contributed by atoms with Gasteiger partial charge in [0, 0.05) is 5.57 Å². The topological polar surface area (TPSA) is 43.1 Å². The van der Waals surface area contributed by atoms with Crippen molar-refractivity contribution in [3.05, 3.63) is 12.2 Å². The number of hydrogen-bond donors (Lipinski definition) is 1. The molecule has 0 unspecified atom stereocenters. The number of nitrogens with two attached hydrogens (primary N) is 1. The average Bonchev–Trinajstić information content (AvgIpc) is 2.24. The van der Waals surface area contributed by atoms with E-state index in [-0.39, 0.29) is 5.91 Å². The predicted octanol–water partition coefficient (Wildman–Crippen LogP) is 3.17. The lowest BCUT2D eigenvalue weighted by molar-refractivity contribution is -0.115. The molecule has 1 aliphatic carbocycles. The van der Waals surface area contributed by atoms with Gasteiger partial charge in [0.1, 0.15) is 0 Å². The molecule has 86 valence electrons. The van der Waals surface area contributed by atoms with Crippen molar-refractivity contribution in [3.63, 3.8) is 0 Å². The SMILES string of the molecule is C=C(C(N)=O)C1CCCCCCCCC1. The van der Waals surface area contributed by atoms with Crippen LogP contribution >= 0.6 is 0 Å². The fourth-order valence-corrected chi connectivity index (χ4v) is 2.36. The van der Waals surface area contributed by atoms with Crippen LogP contribution in [0.3, 0.4) is 0 Å². The van der Waals surface area contributed by atoms with Crippen molar-refractivity contribution in [3.8, 4) is 0 Å². The Balaban J connectivity index is 2.44. The van der Waals surface area contributed by atoms with Crippen molar-refractivity contribution in [2.24, 2.45) is 11.7 Å². The first-order valence-electron chi connectivity index (χ1n) is 6.20. The molecular formula is C13H23NO. The number of carbonyl (C=O) groups is 1. The van der Waals surface area contributed by atoms with E-state index in [9.17, 15) is 4.79 Å². The van der Waals surface area contributed by atoms with E-state index in [1.165, 1.54) is 44.9 Å². The Kier molecular flexibility index (Phi) is 5.44. The van der Waals surface area contributed by atoms with Gasteiger partial charge in [0.05, 0.1) is 0 Å². The fourth-order valence-electron chi connectivity index (χ4n) is 2.36. The molecule has 0 aromatic heterocycles. The third-order valence-corrected chi connectivity index (χ3v) is 3.41. The van der Waals surface area contributed by atoms with E-state index in [2.05, 4.69) is 6.58 Å². The molecular weight excluding hydrogens is 186 g/mol. The van der Waals surface area contributed by atoms with Crippen molar-refractivity contribution in [1.29, 1.82) is 0 Å². The first-order valence-corrected chi connectivity index (χ1v) is 6.20. The highest BCUT2D eigenvalue weighted by Gasteiger charge is 2.16. The molecule has 1 amide bonds. The maximum Gasteiger partial charge on any atom is 0.244 e. The van der Waals surface area contributed by atoms with Crippen LogP contribution in [-0.4, -0.2) is 5.91 Å². The molecule has 0 aliphatic heterocycles. The van der Waals surface area contributed by atoms with Crippen LogP contribution < -0.4 is 5.73 Å². The van der Waals surface area contributed by atoms with Crippen LogP contribution in [0.5, 0.6) is 0 Å². The Bertz CT molecular complexity index is 213. The highest BCUT2D eigenvalue weighted by molar-refractivity contribution is 5.91. The summed E-state index contributed by atoms with van der Waals surface area (Å²) in [5.74, 6) is 0.0395. The van der Waals surface area contributed by atoms with Gasteiger partial charge in [-0.3, -0.25) is 4.79 Å². The van der Waals surface area contributed by atoms with Gasteiger partial charge in [0.25, 0.3) is 0 Å². The highest BCUT2D eigenvalue weighted by atomic mass is 16.1. The second-order valence-electron chi connectivity index (χ2n) is 4.64. The molecule has 2 heteroatoms. The summed E-state index contributed by atoms with van der Waals surface area (Å²) in [6.45, 7) is 3.83. The molecule has 0 heterocycles. The molecule has 2 nitrogen and oxygen atoms in total. The molecule has 0 aromatic rings. The van der Waals surface area contributed by atoms with Crippen molar-refractivity contribution in [2.75, 3.05) is 0 Å². The van der Waals surface area contributed by atoms with Crippen molar-refractivity contribution >= 4 is 5.91 Å². The molecule has 1 aliphatic rings. The first kappa shape index (κ1) is 12.3. The predicted molar refractivity (Wildman–Crippen MR) is 63.4 cm³/mol. The normalized spacial score (nSPS) is 20.8.